The van der Waals surface area contributed by atoms with E-state index in [1.165, 1.54) is 25.3 Å². The van der Waals surface area contributed by atoms with Gasteiger partial charge in [-0.15, -0.1) is 0 Å². The molecule has 2 aromatic rings. The van der Waals surface area contributed by atoms with Crippen molar-refractivity contribution in [2.75, 3.05) is 12.4 Å². The molecule has 29 heavy (non-hydrogen) atoms. The third-order valence-corrected chi connectivity index (χ3v) is 4.60. The molecule has 0 unspecified atom stereocenters. The fourth-order valence-electron chi connectivity index (χ4n) is 3.34. The Hall–Kier alpha value is -3.23. The second-order valence-corrected chi connectivity index (χ2v) is 7.54. The normalized spacial score (nSPS) is 15.0. The molecule has 0 fully saturated rings. The van der Waals surface area contributed by atoms with Gasteiger partial charge >= 0.3 is 6.61 Å². The lowest BCUT2D eigenvalue weighted by Gasteiger charge is -2.29. The number of carbonyl (C=O) groups is 2. The van der Waals surface area contributed by atoms with Crippen LogP contribution in [0.25, 0.3) is 0 Å². The van der Waals surface area contributed by atoms with Gasteiger partial charge in [-0.25, -0.2) is 0 Å². The Kier molecular flexibility index (Phi) is 5.41. The standard InChI is InChI=1S/C20H20F2N2O5/c1-20(2)8-13-11(14(25)9-20)7-12(18(27)24-13)17(26)23-10-4-5-15(28-3)16(6-10)29-19(21)22/h4-7,19H,8-9H2,1-3H3,(H,23,26)(H,24,27). The number of Topliss-reactive ketones (excluding diaryl/α,β-unsaturated/α-hetero) is 1. The van der Waals surface area contributed by atoms with Crippen LogP contribution in [0.5, 0.6) is 11.5 Å². The minimum Gasteiger partial charge on any atom is -0.493 e. The first-order chi connectivity index (χ1) is 13.6. The van der Waals surface area contributed by atoms with Gasteiger partial charge in [0, 0.05) is 29.4 Å². The first-order valence-corrected chi connectivity index (χ1v) is 8.83. The lowest BCUT2D eigenvalue weighted by molar-refractivity contribution is -0.0511. The largest absolute Gasteiger partial charge is 0.493 e. The van der Waals surface area contributed by atoms with Crippen molar-refractivity contribution in [3.8, 4) is 11.5 Å². The number of halogens is 2. The van der Waals surface area contributed by atoms with Crippen molar-refractivity contribution >= 4 is 17.4 Å². The molecule has 0 bridgehead atoms. The number of aromatic amines is 1. The van der Waals surface area contributed by atoms with Crippen LogP contribution in [0.1, 0.15) is 46.7 Å². The average Bonchev–Trinajstić information content (AvgIpc) is 2.59. The predicted octanol–water partition coefficient (Wildman–Crippen LogP) is 3.39. The minimum atomic E-state index is -3.08. The van der Waals surface area contributed by atoms with Crippen LogP contribution >= 0.6 is 0 Å². The molecule has 3 rings (SSSR count). The fourth-order valence-corrected chi connectivity index (χ4v) is 3.34. The molecule has 0 saturated heterocycles. The number of nitrogens with one attached hydrogen (secondary N) is 2. The highest BCUT2D eigenvalue weighted by molar-refractivity contribution is 6.06. The van der Waals surface area contributed by atoms with Crippen LogP contribution in [-0.4, -0.2) is 30.4 Å². The topological polar surface area (TPSA) is 97.5 Å². The van der Waals surface area contributed by atoms with Crippen molar-refractivity contribution in [1.29, 1.82) is 0 Å². The molecule has 1 aliphatic carbocycles. The van der Waals surface area contributed by atoms with Crippen molar-refractivity contribution in [2.24, 2.45) is 5.41 Å². The molecule has 7 nitrogen and oxygen atoms in total. The van der Waals surface area contributed by atoms with Gasteiger partial charge in [0.2, 0.25) is 0 Å². The second kappa shape index (κ2) is 7.65. The number of methoxy groups -OCH3 is 1. The summed E-state index contributed by atoms with van der Waals surface area (Å²) in [4.78, 5) is 40.0. The molecular formula is C20H20F2N2O5. The molecule has 2 N–H and O–H groups in total. The quantitative estimate of drug-likeness (QED) is 0.793. The number of fused-ring (bicyclic) bond motifs is 1. The zero-order valence-electron chi connectivity index (χ0n) is 16.1. The van der Waals surface area contributed by atoms with Crippen LogP contribution in [0.3, 0.4) is 0 Å². The van der Waals surface area contributed by atoms with Crippen LogP contribution in [0.15, 0.2) is 29.1 Å². The summed E-state index contributed by atoms with van der Waals surface area (Å²) in [5.41, 5.74) is -0.222. The molecular weight excluding hydrogens is 386 g/mol. The number of alkyl halides is 2. The molecule has 1 amide bonds. The Balaban J connectivity index is 1.90. The van der Waals surface area contributed by atoms with E-state index in [9.17, 15) is 23.2 Å². The van der Waals surface area contributed by atoms with Gasteiger partial charge in [0.05, 0.1) is 7.11 Å². The number of ketones is 1. The Morgan fingerprint density at radius 1 is 1.17 bits per heavy atom. The monoisotopic (exact) mass is 406 g/mol. The van der Waals surface area contributed by atoms with Gasteiger partial charge in [0.15, 0.2) is 17.3 Å². The minimum absolute atomic E-state index is 0.0585. The molecule has 1 aromatic carbocycles. The molecule has 1 aliphatic rings. The second-order valence-electron chi connectivity index (χ2n) is 7.54. The summed E-state index contributed by atoms with van der Waals surface area (Å²) >= 11 is 0. The molecule has 1 heterocycles. The van der Waals surface area contributed by atoms with Gasteiger partial charge < -0.3 is 19.8 Å². The van der Waals surface area contributed by atoms with E-state index in [0.29, 0.717) is 24.1 Å². The van der Waals surface area contributed by atoms with Crippen LogP contribution in [-0.2, 0) is 6.42 Å². The average molecular weight is 406 g/mol. The molecule has 0 aliphatic heterocycles. The first kappa shape index (κ1) is 20.5. The molecule has 1 aromatic heterocycles. The Labute approximate surface area is 165 Å². The van der Waals surface area contributed by atoms with Gasteiger partial charge in [-0.05, 0) is 30.0 Å². The van der Waals surface area contributed by atoms with Crippen LogP contribution in [0.4, 0.5) is 14.5 Å². The predicted molar refractivity (Wildman–Crippen MR) is 101 cm³/mol. The van der Waals surface area contributed by atoms with E-state index in [0.717, 1.165) is 6.07 Å². The van der Waals surface area contributed by atoms with Crippen molar-refractivity contribution < 1.29 is 27.8 Å². The zero-order valence-corrected chi connectivity index (χ0v) is 16.1. The van der Waals surface area contributed by atoms with Gasteiger partial charge in [-0.1, -0.05) is 13.8 Å². The number of pyridine rings is 1. The third-order valence-electron chi connectivity index (χ3n) is 4.60. The number of carbonyl (C=O) groups excluding carboxylic acids is 2. The number of amides is 1. The Morgan fingerprint density at radius 3 is 2.55 bits per heavy atom. The van der Waals surface area contributed by atoms with Crippen LogP contribution in [0.2, 0.25) is 0 Å². The summed E-state index contributed by atoms with van der Waals surface area (Å²) in [5.74, 6) is -1.14. The number of H-pyrrole nitrogens is 1. The van der Waals surface area contributed by atoms with E-state index in [4.69, 9.17) is 4.74 Å². The SMILES string of the molecule is COc1ccc(NC(=O)c2cc3c([nH]c2=O)CC(C)(C)CC3=O)cc1OC(F)F. The van der Waals surface area contributed by atoms with E-state index < -0.39 is 18.1 Å². The Morgan fingerprint density at radius 2 is 1.90 bits per heavy atom. The van der Waals surface area contributed by atoms with Crippen molar-refractivity contribution in [3.63, 3.8) is 0 Å². The highest BCUT2D eigenvalue weighted by Gasteiger charge is 2.32. The molecule has 9 heteroatoms. The van der Waals surface area contributed by atoms with Crippen molar-refractivity contribution in [1.82, 2.24) is 4.98 Å². The van der Waals surface area contributed by atoms with Crippen molar-refractivity contribution in [2.45, 2.75) is 33.3 Å². The third kappa shape index (κ3) is 4.44. The van der Waals surface area contributed by atoms with Crippen LogP contribution < -0.4 is 20.3 Å². The van der Waals surface area contributed by atoms with Gasteiger partial charge in [-0.2, -0.15) is 8.78 Å². The van der Waals surface area contributed by atoms with E-state index in [1.54, 1.807) is 0 Å². The molecule has 0 radical (unpaired) electrons. The van der Waals surface area contributed by atoms with Crippen molar-refractivity contribution in [3.05, 3.63) is 51.4 Å². The lowest BCUT2D eigenvalue weighted by Crippen LogP contribution is -2.32. The number of hydrogen-bond acceptors (Lipinski definition) is 5. The van der Waals surface area contributed by atoms with Gasteiger partial charge in [-0.3, -0.25) is 14.4 Å². The summed E-state index contributed by atoms with van der Waals surface area (Å²) in [6.45, 7) is 0.777. The van der Waals surface area contributed by atoms with E-state index in [1.807, 2.05) is 13.8 Å². The van der Waals surface area contributed by atoms with E-state index in [2.05, 4.69) is 15.0 Å². The molecule has 0 saturated carbocycles. The smallest absolute Gasteiger partial charge is 0.387 e. The number of hydrogen-bond donors (Lipinski definition) is 2. The van der Waals surface area contributed by atoms with Gasteiger partial charge in [0.25, 0.3) is 11.5 Å². The molecule has 0 atom stereocenters. The summed E-state index contributed by atoms with van der Waals surface area (Å²) in [5, 5.41) is 2.45. The number of benzene rings is 1. The molecule has 154 valence electrons. The summed E-state index contributed by atoms with van der Waals surface area (Å²) in [6.07, 6.45) is 0.817. The maximum atomic E-state index is 12.6. The van der Waals surface area contributed by atoms with Crippen LogP contribution in [0, 0.1) is 5.41 Å². The zero-order chi connectivity index (χ0) is 21.3. The lowest BCUT2D eigenvalue weighted by atomic mass is 9.75. The number of anilines is 1. The Bertz CT molecular complexity index is 1030. The fraction of sp³-hybridized carbons (Fsp3) is 0.350. The number of aromatic nitrogens is 1. The summed E-state index contributed by atoms with van der Waals surface area (Å²) in [7, 11) is 1.29. The summed E-state index contributed by atoms with van der Waals surface area (Å²) < 4.78 is 34.4. The highest BCUT2D eigenvalue weighted by Crippen LogP contribution is 2.34. The molecule has 0 spiro atoms. The maximum Gasteiger partial charge on any atom is 0.387 e. The summed E-state index contributed by atoms with van der Waals surface area (Å²) in [6, 6.07) is 5.19. The highest BCUT2D eigenvalue weighted by atomic mass is 19.3. The number of rotatable bonds is 5. The van der Waals surface area contributed by atoms with E-state index >= 15 is 0 Å². The van der Waals surface area contributed by atoms with E-state index in [-0.39, 0.29) is 33.9 Å². The first-order valence-electron chi connectivity index (χ1n) is 8.83. The van der Waals surface area contributed by atoms with Gasteiger partial charge in [0.1, 0.15) is 5.56 Å². The maximum absolute atomic E-state index is 12.6. The number of ether oxygens (including phenoxy) is 2.